The summed E-state index contributed by atoms with van der Waals surface area (Å²) < 4.78 is 7.51. The number of thiophene rings is 1. The molecule has 0 radical (unpaired) electrons. The number of fused-ring (bicyclic) bond motifs is 3. The molecule has 9 heteroatoms. The van der Waals surface area contributed by atoms with Gasteiger partial charge in [-0.3, -0.25) is 14.2 Å². The van der Waals surface area contributed by atoms with Gasteiger partial charge in [0.05, 0.1) is 11.1 Å². The molecule has 1 aliphatic carbocycles. The fraction of sp³-hybridized carbons (Fsp3) is 0.522. The second-order valence-electron chi connectivity index (χ2n) is 8.43. The Balaban J connectivity index is 1.29. The highest BCUT2D eigenvalue weighted by atomic mass is 32.2. The van der Waals surface area contributed by atoms with E-state index in [-0.39, 0.29) is 11.5 Å². The number of aromatic nitrogens is 2. The highest BCUT2D eigenvalue weighted by Crippen LogP contribution is 2.35. The average molecular weight is 473 g/mol. The zero-order valence-corrected chi connectivity index (χ0v) is 20.2. The molecule has 1 amide bonds. The third kappa shape index (κ3) is 4.02. The minimum absolute atomic E-state index is 0.0402. The summed E-state index contributed by atoms with van der Waals surface area (Å²) in [4.78, 5) is 37.0. The number of rotatable bonds is 5. The molecule has 0 spiro atoms. The maximum Gasteiger partial charge on any atom is 0.289 e. The number of carbonyl (C=O) groups excluding carboxylic acids is 1. The van der Waals surface area contributed by atoms with Crippen molar-refractivity contribution in [3.8, 4) is 0 Å². The summed E-state index contributed by atoms with van der Waals surface area (Å²) in [5.41, 5.74) is 1.26. The fourth-order valence-electron chi connectivity index (χ4n) is 4.53. The summed E-state index contributed by atoms with van der Waals surface area (Å²) in [6, 6.07) is 3.61. The Labute approximate surface area is 195 Å². The molecular formula is C23H28N4O3S2. The first-order valence-electron chi connectivity index (χ1n) is 11.3. The van der Waals surface area contributed by atoms with E-state index in [1.807, 2.05) is 11.0 Å². The van der Waals surface area contributed by atoms with Crippen molar-refractivity contribution in [2.24, 2.45) is 7.05 Å². The van der Waals surface area contributed by atoms with E-state index in [2.05, 4.69) is 11.8 Å². The third-order valence-electron chi connectivity index (χ3n) is 6.48. The molecule has 0 N–H and O–H groups in total. The molecule has 4 heterocycles. The molecular weight excluding hydrogens is 444 g/mol. The zero-order chi connectivity index (χ0) is 22.2. The highest BCUT2D eigenvalue weighted by molar-refractivity contribution is 7.98. The SMILES string of the molecule is CCN1CCN(C(=O)c2ccc(CSc3nc4sc5c(c4c(=O)n3C)CCCC5)o2)CC1. The summed E-state index contributed by atoms with van der Waals surface area (Å²) in [5, 5.41) is 1.49. The summed E-state index contributed by atoms with van der Waals surface area (Å²) in [6.07, 6.45) is 4.37. The largest absolute Gasteiger partial charge is 0.455 e. The van der Waals surface area contributed by atoms with Crippen LogP contribution >= 0.6 is 23.1 Å². The van der Waals surface area contributed by atoms with Gasteiger partial charge in [0.2, 0.25) is 0 Å². The molecule has 7 nitrogen and oxygen atoms in total. The Morgan fingerprint density at radius 2 is 1.97 bits per heavy atom. The van der Waals surface area contributed by atoms with Crippen molar-refractivity contribution in [3.63, 3.8) is 0 Å². The molecule has 1 fully saturated rings. The minimum Gasteiger partial charge on any atom is -0.455 e. The summed E-state index contributed by atoms with van der Waals surface area (Å²) >= 11 is 3.14. The predicted octanol–water partition coefficient (Wildman–Crippen LogP) is 3.54. The van der Waals surface area contributed by atoms with Gasteiger partial charge in [0.25, 0.3) is 11.5 Å². The zero-order valence-electron chi connectivity index (χ0n) is 18.6. The van der Waals surface area contributed by atoms with E-state index in [4.69, 9.17) is 9.40 Å². The molecule has 0 atom stereocenters. The lowest BCUT2D eigenvalue weighted by molar-refractivity contribution is 0.0611. The quantitative estimate of drug-likeness (QED) is 0.418. The van der Waals surface area contributed by atoms with Crippen molar-refractivity contribution >= 4 is 39.2 Å². The van der Waals surface area contributed by atoms with Crippen molar-refractivity contribution in [1.29, 1.82) is 0 Å². The molecule has 1 aliphatic heterocycles. The Kier molecular flexibility index (Phi) is 6.14. The average Bonchev–Trinajstić information content (AvgIpc) is 3.44. The van der Waals surface area contributed by atoms with Crippen LogP contribution in [0, 0.1) is 0 Å². The number of piperazine rings is 1. The van der Waals surface area contributed by atoms with E-state index < -0.39 is 0 Å². The highest BCUT2D eigenvalue weighted by Gasteiger charge is 2.24. The van der Waals surface area contributed by atoms with Gasteiger partial charge in [0.15, 0.2) is 10.9 Å². The van der Waals surface area contributed by atoms with Gasteiger partial charge in [-0.15, -0.1) is 11.3 Å². The number of furan rings is 1. The maximum atomic E-state index is 13.0. The molecule has 3 aromatic rings. The number of thioether (sulfide) groups is 1. The van der Waals surface area contributed by atoms with E-state index in [9.17, 15) is 9.59 Å². The maximum absolute atomic E-state index is 13.0. The lowest BCUT2D eigenvalue weighted by atomic mass is 9.97. The smallest absolute Gasteiger partial charge is 0.289 e. The summed E-state index contributed by atoms with van der Waals surface area (Å²) in [7, 11) is 1.79. The van der Waals surface area contributed by atoms with Crippen LogP contribution in [0.15, 0.2) is 26.5 Å². The van der Waals surface area contributed by atoms with Crippen LogP contribution in [0.2, 0.25) is 0 Å². The van der Waals surface area contributed by atoms with Crippen molar-refractivity contribution in [1.82, 2.24) is 19.4 Å². The molecule has 0 bridgehead atoms. The van der Waals surface area contributed by atoms with Gasteiger partial charge in [-0.1, -0.05) is 18.7 Å². The van der Waals surface area contributed by atoms with E-state index in [0.29, 0.717) is 22.4 Å². The fourth-order valence-corrected chi connectivity index (χ4v) is 6.69. The number of nitrogens with zero attached hydrogens (tertiary/aromatic N) is 4. The van der Waals surface area contributed by atoms with Crippen LogP contribution in [0.4, 0.5) is 0 Å². The van der Waals surface area contributed by atoms with E-state index >= 15 is 0 Å². The number of hydrogen-bond acceptors (Lipinski definition) is 7. The van der Waals surface area contributed by atoms with Crippen molar-refractivity contribution < 1.29 is 9.21 Å². The molecule has 2 aliphatic rings. The number of aryl methyl sites for hydroxylation is 2. The molecule has 0 aromatic carbocycles. The van der Waals surface area contributed by atoms with Gasteiger partial charge < -0.3 is 14.2 Å². The van der Waals surface area contributed by atoms with Gasteiger partial charge in [-0.2, -0.15) is 0 Å². The lowest BCUT2D eigenvalue weighted by Gasteiger charge is -2.33. The first kappa shape index (κ1) is 21.7. The van der Waals surface area contributed by atoms with Gasteiger partial charge in [-0.25, -0.2) is 4.98 Å². The molecule has 5 rings (SSSR count). The number of carbonyl (C=O) groups is 1. The number of likely N-dealkylation sites (N-methyl/N-ethyl adjacent to an activating group) is 1. The topological polar surface area (TPSA) is 71.6 Å². The van der Waals surface area contributed by atoms with Crippen molar-refractivity contribution in [3.05, 3.63) is 44.4 Å². The standard InChI is InChI=1S/C23H28N4O3S2/c1-3-26-10-12-27(13-11-26)21(28)17-9-8-15(30-17)14-31-23-24-20-19(22(29)25(23)2)16-6-4-5-7-18(16)32-20/h8-9H,3-7,10-14H2,1-2H3. The van der Waals surface area contributed by atoms with Crippen LogP contribution in [-0.2, 0) is 25.6 Å². The second-order valence-corrected chi connectivity index (χ2v) is 10.5. The normalized spacial score (nSPS) is 17.1. The van der Waals surface area contributed by atoms with Crippen LogP contribution < -0.4 is 5.56 Å². The molecule has 3 aromatic heterocycles. The van der Waals surface area contributed by atoms with Crippen LogP contribution in [0.1, 0.15) is 46.5 Å². The molecule has 1 saturated heterocycles. The Morgan fingerprint density at radius 1 is 1.19 bits per heavy atom. The monoisotopic (exact) mass is 472 g/mol. The number of hydrogen-bond donors (Lipinski definition) is 0. The van der Waals surface area contributed by atoms with Crippen LogP contribution in [0.5, 0.6) is 0 Å². The minimum atomic E-state index is -0.0480. The van der Waals surface area contributed by atoms with Gasteiger partial charge in [-0.05, 0) is 49.9 Å². The van der Waals surface area contributed by atoms with E-state index in [1.54, 1.807) is 29.0 Å². The van der Waals surface area contributed by atoms with Crippen LogP contribution in [0.3, 0.4) is 0 Å². The second kappa shape index (κ2) is 9.03. The Hall–Kier alpha value is -2.10. The van der Waals surface area contributed by atoms with Gasteiger partial charge >= 0.3 is 0 Å². The van der Waals surface area contributed by atoms with E-state index in [1.165, 1.54) is 28.6 Å². The van der Waals surface area contributed by atoms with Crippen molar-refractivity contribution in [2.45, 2.75) is 43.5 Å². The van der Waals surface area contributed by atoms with Crippen LogP contribution in [0.25, 0.3) is 10.2 Å². The predicted molar refractivity (Wildman–Crippen MR) is 128 cm³/mol. The lowest BCUT2D eigenvalue weighted by Crippen LogP contribution is -2.48. The molecule has 0 saturated carbocycles. The van der Waals surface area contributed by atoms with Crippen LogP contribution in [-0.4, -0.2) is 58.0 Å². The van der Waals surface area contributed by atoms with Gasteiger partial charge in [0, 0.05) is 38.1 Å². The first-order valence-corrected chi connectivity index (χ1v) is 13.1. The summed E-state index contributed by atoms with van der Waals surface area (Å²) in [5.74, 6) is 1.57. The van der Waals surface area contributed by atoms with E-state index in [0.717, 1.165) is 62.2 Å². The Morgan fingerprint density at radius 3 is 2.75 bits per heavy atom. The molecule has 0 unspecified atom stereocenters. The van der Waals surface area contributed by atoms with Crippen molar-refractivity contribution in [2.75, 3.05) is 32.7 Å². The summed E-state index contributed by atoms with van der Waals surface area (Å²) in [6.45, 7) is 6.42. The van der Waals surface area contributed by atoms with Gasteiger partial charge in [0.1, 0.15) is 10.6 Å². The Bertz CT molecular complexity index is 1200. The molecule has 170 valence electrons. The number of amides is 1. The first-order chi connectivity index (χ1) is 15.5. The molecule has 32 heavy (non-hydrogen) atoms. The third-order valence-corrected chi connectivity index (χ3v) is 8.72.